The molecule has 1 aliphatic rings. The smallest absolute Gasteiger partial charge is 0.234 e. The van der Waals surface area contributed by atoms with Crippen LogP contribution in [0.25, 0.3) is 0 Å². The normalized spacial score (nSPS) is 15.0. The van der Waals surface area contributed by atoms with E-state index in [1.54, 1.807) is 4.90 Å². The minimum Gasteiger partial charge on any atom is -0.370 e. The van der Waals surface area contributed by atoms with E-state index in [9.17, 15) is 4.79 Å². The van der Waals surface area contributed by atoms with Crippen molar-refractivity contribution in [3.05, 3.63) is 29.8 Å². The third-order valence-electron chi connectivity index (χ3n) is 4.24. The van der Waals surface area contributed by atoms with Crippen LogP contribution in [0.1, 0.15) is 19.4 Å². The van der Waals surface area contributed by atoms with Crippen molar-refractivity contribution in [1.29, 1.82) is 0 Å². The highest BCUT2D eigenvalue weighted by atomic mass is 32.2. The van der Waals surface area contributed by atoms with E-state index in [1.807, 2.05) is 12.1 Å². The van der Waals surface area contributed by atoms with Gasteiger partial charge in [0.25, 0.3) is 0 Å². The molecule has 1 heterocycles. The first-order valence-corrected chi connectivity index (χ1v) is 10.2. The molecule has 7 heteroatoms. The van der Waals surface area contributed by atoms with Gasteiger partial charge in [0.2, 0.25) is 5.91 Å². The van der Waals surface area contributed by atoms with Crippen molar-refractivity contribution in [2.45, 2.75) is 20.4 Å². The Labute approximate surface area is 160 Å². The van der Waals surface area contributed by atoms with Crippen LogP contribution >= 0.6 is 24.0 Å². The number of quaternary nitrogens is 1. The lowest BCUT2D eigenvalue weighted by Gasteiger charge is -2.23. The molecule has 1 aromatic carbocycles. The number of rotatable bonds is 7. The first-order chi connectivity index (χ1) is 12.1. The summed E-state index contributed by atoms with van der Waals surface area (Å²) in [6.45, 7) is 10.7. The second kappa shape index (κ2) is 10.8. The molecule has 0 unspecified atom stereocenters. The van der Waals surface area contributed by atoms with E-state index in [4.69, 9.17) is 17.0 Å². The van der Waals surface area contributed by atoms with E-state index in [-0.39, 0.29) is 5.91 Å². The van der Waals surface area contributed by atoms with Crippen LogP contribution in [0.3, 0.4) is 0 Å². The minimum atomic E-state index is -0.0222. The van der Waals surface area contributed by atoms with E-state index in [1.165, 1.54) is 17.3 Å². The summed E-state index contributed by atoms with van der Waals surface area (Å²) in [5, 5.41) is 2.94. The zero-order chi connectivity index (χ0) is 18.1. The molecule has 0 atom stereocenters. The SMILES string of the molecule is CCN(CC)C(=S)SCC(=O)Nc1ccc(C[NH+]2CCOCC2)cc1. The highest BCUT2D eigenvalue weighted by Gasteiger charge is 2.14. The van der Waals surface area contributed by atoms with Gasteiger partial charge in [0.15, 0.2) is 0 Å². The summed E-state index contributed by atoms with van der Waals surface area (Å²) in [7, 11) is 0. The lowest BCUT2D eigenvalue weighted by atomic mass is 10.2. The molecule has 25 heavy (non-hydrogen) atoms. The lowest BCUT2D eigenvalue weighted by molar-refractivity contribution is -0.921. The zero-order valence-electron chi connectivity index (χ0n) is 15.0. The summed E-state index contributed by atoms with van der Waals surface area (Å²) in [4.78, 5) is 15.7. The number of anilines is 1. The van der Waals surface area contributed by atoms with Gasteiger partial charge in [-0.05, 0) is 26.0 Å². The summed E-state index contributed by atoms with van der Waals surface area (Å²) in [5.74, 6) is 0.320. The highest BCUT2D eigenvalue weighted by Crippen LogP contribution is 2.12. The summed E-state index contributed by atoms with van der Waals surface area (Å²) >= 11 is 6.77. The fourth-order valence-corrected chi connectivity index (χ4v) is 3.93. The minimum absolute atomic E-state index is 0.0222. The van der Waals surface area contributed by atoms with Crippen LogP contribution in [0.15, 0.2) is 24.3 Å². The molecule has 2 rings (SSSR count). The van der Waals surface area contributed by atoms with Gasteiger partial charge >= 0.3 is 0 Å². The molecule has 1 fully saturated rings. The average molecular weight is 383 g/mol. The number of thioether (sulfide) groups is 1. The second-order valence-corrected chi connectivity index (χ2v) is 7.62. The van der Waals surface area contributed by atoms with Crippen LogP contribution in [0, 0.1) is 0 Å². The van der Waals surface area contributed by atoms with E-state index in [0.29, 0.717) is 5.75 Å². The molecule has 0 bridgehead atoms. The summed E-state index contributed by atoms with van der Waals surface area (Å²) in [6, 6.07) is 8.12. The molecule has 1 aromatic rings. The molecule has 0 radical (unpaired) electrons. The van der Waals surface area contributed by atoms with Crippen molar-refractivity contribution >= 4 is 39.9 Å². The number of amides is 1. The Morgan fingerprint density at radius 2 is 1.88 bits per heavy atom. The van der Waals surface area contributed by atoms with Crippen LogP contribution in [0.2, 0.25) is 0 Å². The maximum atomic E-state index is 12.1. The van der Waals surface area contributed by atoms with Crippen LogP contribution < -0.4 is 10.2 Å². The number of carbonyl (C=O) groups is 1. The van der Waals surface area contributed by atoms with Crippen LogP contribution in [0.5, 0.6) is 0 Å². The van der Waals surface area contributed by atoms with Gasteiger partial charge in [-0.1, -0.05) is 36.1 Å². The Bertz CT molecular complexity index is 556. The van der Waals surface area contributed by atoms with Crippen molar-refractivity contribution in [3.63, 3.8) is 0 Å². The highest BCUT2D eigenvalue weighted by molar-refractivity contribution is 8.23. The fraction of sp³-hybridized carbons (Fsp3) is 0.556. The van der Waals surface area contributed by atoms with Gasteiger partial charge in [0.1, 0.15) is 24.0 Å². The van der Waals surface area contributed by atoms with Crippen LogP contribution in [-0.2, 0) is 16.1 Å². The van der Waals surface area contributed by atoms with Crippen LogP contribution in [-0.4, -0.2) is 60.3 Å². The lowest BCUT2D eigenvalue weighted by Crippen LogP contribution is -3.12. The molecular weight excluding hydrogens is 354 g/mol. The summed E-state index contributed by atoms with van der Waals surface area (Å²) in [5.41, 5.74) is 2.12. The number of hydrogen-bond acceptors (Lipinski definition) is 4. The Morgan fingerprint density at radius 1 is 1.24 bits per heavy atom. The van der Waals surface area contributed by atoms with E-state index in [0.717, 1.165) is 55.9 Å². The molecule has 0 saturated carbocycles. The number of hydrogen-bond donors (Lipinski definition) is 2. The van der Waals surface area contributed by atoms with Gasteiger partial charge < -0.3 is 19.9 Å². The van der Waals surface area contributed by atoms with Gasteiger partial charge in [-0.15, -0.1) is 0 Å². The van der Waals surface area contributed by atoms with Crippen molar-refractivity contribution in [3.8, 4) is 0 Å². The van der Waals surface area contributed by atoms with Gasteiger partial charge in [0.05, 0.1) is 19.0 Å². The molecule has 1 aliphatic heterocycles. The van der Waals surface area contributed by atoms with Gasteiger partial charge in [-0.25, -0.2) is 0 Å². The monoisotopic (exact) mass is 382 g/mol. The molecule has 2 N–H and O–H groups in total. The van der Waals surface area contributed by atoms with E-state index < -0.39 is 0 Å². The molecule has 0 spiro atoms. The molecule has 138 valence electrons. The maximum absolute atomic E-state index is 12.1. The molecule has 0 aromatic heterocycles. The molecule has 5 nitrogen and oxygen atoms in total. The number of ether oxygens (including phenoxy) is 1. The van der Waals surface area contributed by atoms with Crippen molar-refractivity contribution in [1.82, 2.24) is 4.90 Å². The van der Waals surface area contributed by atoms with Crippen molar-refractivity contribution in [2.75, 3.05) is 50.5 Å². The van der Waals surface area contributed by atoms with Gasteiger partial charge in [-0.3, -0.25) is 4.79 Å². The Balaban J connectivity index is 1.76. The number of thiocarbonyl (C=S) groups is 1. The third kappa shape index (κ3) is 6.93. The zero-order valence-corrected chi connectivity index (χ0v) is 16.7. The Hall–Kier alpha value is -1.15. The van der Waals surface area contributed by atoms with Crippen molar-refractivity contribution in [2.24, 2.45) is 0 Å². The fourth-order valence-electron chi connectivity index (χ4n) is 2.73. The first kappa shape index (κ1) is 20.2. The van der Waals surface area contributed by atoms with E-state index in [2.05, 4.69) is 36.2 Å². The number of benzene rings is 1. The van der Waals surface area contributed by atoms with E-state index >= 15 is 0 Å². The average Bonchev–Trinajstić information content (AvgIpc) is 2.63. The Morgan fingerprint density at radius 3 is 2.48 bits per heavy atom. The first-order valence-electron chi connectivity index (χ1n) is 8.84. The molecule has 1 amide bonds. The third-order valence-corrected chi connectivity index (χ3v) is 5.76. The van der Waals surface area contributed by atoms with Gasteiger partial charge in [0, 0.05) is 24.3 Å². The Kier molecular flexibility index (Phi) is 8.67. The number of morpholine rings is 1. The molecule has 0 aliphatic carbocycles. The second-order valence-electron chi connectivity index (χ2n) is 6.01. The topological polar surface area (TPSA) is 46.0 Å². The quantitative estimate of drug-likeness (QED) is 0.698. The summed E-state index contributed by atoms with van der Waals surface area (Å²) in [6.07, 6.45) is 0. The largest absolute Gasteiger partial charge is 0.370 e. The predicted molar refractivity (Wildman–Crippen MR) is 108 cm³/mol. The molecular formula is C18H28N3O2S2+. The number of carbonyl (C=O) groups excluding carboxylic acids is 1. The van der Waals surface area contributed by atoms with Crippen LogP contribution in [0.4, 0.5) is 5.69 Å². The molecule has 1 saturated heterocycles. The number of nitrogens with one attached hydrogen (secondary N) is 2. The summed E-state index contributed by atoms with van der Waals surface area (Å²) < 4.78 is 6.17. The standard InChI is InChI=1S/C18H27N3O2S2/c1-3-21(4-2)18(24)25-14-17(22)19-16-7-5-15(6-8-16)13-20-9-11-23-12-10-20/h5-8H,3-4,9-14H2,1-2H3,(H,19,22)/p+1. The number of nitrogens with zero attached hydrogens (tertiary/aromatic N) is 1. The predicted octanol–water partition coefficient (Wildman–Crippen LogP) is 1.40. The van der Waals surface area contributed by atoms with Gasteiger partial charge in [-0.2, -0.15) is 0 Å². The maximum Gasteiger partial charge on any atom is 0.234 e. The van der Waals surface area contributed by atoms with Crippen molar-refractivity contribution < 1.29 is 14.4 Å².